The summed E-state index contributed by atoms with van der Waals surface area (Å²) in [7, 11) is 1.16. The summed E-state index contributed by atoms with van der Waals surface area (Å²) in [5, 5.41) is 5.02. The van der Waals surface area contributed by atoms with Crippen molar-refractivity contribution in [2.45, 2.75) is 12.7 Å². The number of hydrogen-bond donors (Lipinski definition) is 2. The smallest absolute Gasteiger partial charge is 0.433 e. The Hall–Kier alpha value is -2.55. The fourth-order valence-electron chi connectivity index (χ4n) is 1.69. The number of hydrogen-bond acceptors (Lipinski definition) is 4. The Balaban J connectivity index is 2.07. The van der Waals surface area contributed by atoms with Gasteiger partial charge in [-0.25, -0.2) is 9.78 Å². The van der Waals surface area contributed by atoms with Gasteiger partial charge in [0.25, 0.3) is 0 Å². The topological polar surface area (TPSA) is 76.1 Å². The quantitative estimate of drug-likeness (QED) is 0.875. The number of halogens is 4. The largest absolute Gasteiger partial charge is 0.481 e. The minimum atomic E-state index is -4.69. The molecule has 0 radical (unpaired) electrons. The second kappa shape index (κ2) is 7.35. The van der Waals surface area contributed by atoms with Gasteiger partial charge in [-0.2, -0.15) is 18.2 Å². The first-order chi connectivity index (χ1) is 11.3. The molecule has 0 fully saturated rings. The maximum absolute atomic E-state index is 12.7. The Kier molecular flexibility index (Phi) is 5.45. The highest BCUT2D eigenvalue weighted by Crippen LogP contribution is 2.30. The third-order valence-electron chi connectivity index (χ3n) is 2.82. The normalized spacial score (nSPS) is 11.0. The molecular weight excluding hydrogens is 349 g/mol. The van der Waals surface area contributed by atoms with Crippen LogP contribution in [0.4, 0.5) is 23.9 Å². The zero-order valence-corrected chi connectivity index (χ0v) is 13.1. The van der Waals surface area contributed by atoms with Crippen molar-refractivity contribution in [1.82, 2.24) is 15.3 Å². The average molecular weight is 361 g/mol. The summed E-state index contributed by atoms with van der Waals surface area (Å²) in [6.07, 6.45) is -4.69. The van der Waals surface area contributed by atoms with Crippen molar-refractivity contribution in [3.8, 4) is 5.88 Å². The van der Waals surface area contributed by atoms with E-state index in [2.05, 4.69) is 25.3 Å². The number of amides is 2. The summed E-state index contributed by atoms with van der Waals surface area (Å²) >= 11 is 5.94. The number of methoxy groups -OCH3 is 1. The van der Waals surface area contributed by atoms with E-state index in [4.69, 9.17) is 11.6 Å². The maximum Gasteiger partial charge on any atom is 0.433 e. The van der Waals surface area contributed by atoms with Crippen LogP contribution in [0.2, 0.25) is 5.02 Å². The van der Waals surface area contributed by atoms with E-state index in [1.165, 1.54) is 0 Å². The van der Waals surface area contributed by atoms with Gasteiger partial charge in [-0.1, -0.05) is 29.8 Å². The lowest BCUT2D eigenvalue weighted by Crippen LogP contribution is -2.29. The number of anilines is 1. The number of alkyl halides is 3. The molecule has 0 aliphatic rings. The van der Waals surface area contributed by atoms with Gasteiger partial charge in [-0.3, -0.25) is 5.32 Å². The average Bonchev–Trinajstić information content (AvgIpc) is 2.53. The van der Waals surface area contributed by atoms with Gasteiger partial charge < -0.3 is 10.1 Å². The van der Waals surface area contributed by atoms with Crippen LogP contribution < -0.4 is 15.4 Å². The van der Waals surface area contributed by atoms with Gasteiger partial charge in [0.15, 0.2) is 5.69 Å². The third kappa shape index (κ3) is 4.72. The standard InChI is InChI=1S/C14H12ClF3N4O2/c1-24-11-6-10(14(16,17)18)20-12(21-11)22-13(23)19-7-8-4-2-3-5-9(8)15/h2-6H,7H2,1H3,(H2,19,20,21,22,23). The van der Waals surface area contributed by atoms with Crippen LogP contribution in [0.3, 0.4) is 0 Å². The molecule has 10 heteroatoms. The van der Waals surface area contributed by atoms with E-state index < -0.39 is 23.8 Å². The van der Waals surface area contributed by atoms with Gasteiger partial charge >= 0.3 is 12.2 Å². The van der Waals surface area contributed by atoms with Crippen molar-refractivity contribution >= 4 is 23.6 Å². The van der Waals surface area contributed by atoms with Gasteiger partial charge in [0.2, 0.25) is 11.8 Å². The number of carbonyl (C=O) groups excluding carboxylic acids is 1. The molecule has 6 nitrogen and oxygen atoms in total. The molecule has 1 aromatic heterocycles. The minimum Gasteiger partial charge on any atom is -0.481 e. The van der Waals surface area contributed by atoms with Gasteiger partial charge in [0, 0.05) is 17.6 Å². The van der Waals surface area contributed by atoms with Gasteiger partial charge in [0.1, 0.15) is 0 Å². The van der Waals surface area contributed by atoms with Crippen LogP contribution in [-0.4, -0.2) is 23.1 Å². The molecule has 2 aromatic rings. The summed E-state index contributed by atoms with van der Waals surface area (Å²) in [6, 6.07) is 6.67. The van der Waals surface area contributed by atoms with Crippen molar-refractivity contribution in [2.24, 2.45) is 0 Å². The Bertz CT molecular complexity index is 740. The van der Waals surface area contributed by atoms with Gasteiger partial charge in [-0.05, 0) is 11.6 Å². The molecule has 0 saturated carbocycles. The summed E-state index contributed by atoms with van der Waals surface area (Å²) < 4.78 is 42.9. The van der Waals surface area contributed by atoms with Crippen LogP contribution in [0.5, 0.6) is 5.88 Å². The number of benzene rings is 1. The van der Waals surface area contributed by atoms with Crippen molar-refractivity contribution in [2.75, 3.05) is 12.4 Å². The molecule has 0 spiro atoms. The Morgan fingerprint density at radius 1 is 1.29 bits per heavy atom. The SMILES string of the molecule is COc1cc(C(F)(F)F)nc(NC(=O)NCc2ccccc2Cl)n1. The lowest BCUT2D eigenvalue weighted by atomic mass is 10.2. The minimum absolute atomic E-state index is 0.0849. The van der Waals surface area contributed by atoms with Crippen LogP contribution in [0, 0.1) is 0 Å². The first-order valence-corrected chi connectivity index (χ1v) is 6.96. The van der Waals surface area contributed by atoms with Crippen LogP contribution in [0.15, 0.2) is 30.3 Å². The van der Waals surface area contributed by atoms with Crippen LogP contribution >= 0.6 is 11.6 Å². The molecule has 1 aromatic carbocycles. The highest BCUT2D eigenvalue weighted by Gasteiger charge is 2.34. The van der Waals surface area contributed by atoms with E-state index in [9.17, 15) is 18.0 Å². The first-order valence-electron chi connectivity index (χ1n) is 6.58. The second-order valence-corrected chi connectivity index (χ2v) is 4.92. The van der Waals surface area contributed by atoms with Crippen LogP contribution in [0.1, 0.15) is 11.3 Å². The third-order valence-corrected chi connectivity index (χ3v) is 3.19. The molecule has 2 rings (SSSR count). The number of ether oxygens (including phenoxy) is 1. The van der Waals surface area contributed by atoms with Crippen LogP contribution in [0.25, 0.3) is 0 Å². The predicted octanol–water partition coefficient (Wildman–Crippen LogP) is 3.48. The highest BCUT2D eigenvalue weighted by atomic mass is 35.5. The van der Waals surface area contributed by atoms with E-state index in [1.807, 2.05) is 0 Å². The first kappa shape index (κ1) is 17.8. The van der Waals surface area contributed by atoms with Crippen molar-refractivity contribution in [3.63, 3.8) is 0 Å². The highest BCUT2D eigenvalue weighted by molar-refractivity contribution is 6.31. The van der Waals surface area contributed by atoms with Crippen LogP contribution in [-0.2, 0) is 12.7 Å². The van der Waals surface area contributed by atoms with Gasteiger partial charge in [-0.15, -0.1) is 0 Å². The summed E-state index contributed by atoms with van der Waals surface area (Å²) in [4.78, 5) is 18.7. The lowest BCUT2D eigenvalue weighted by molar-refractivity contribution is -0.141. The van der Waals surface area contributed by atoms with E-state index in [1.54, 1.807) is 24.3 Å². The molecule has 0 saturated heterocycles. The molecule has 0 unspecified atom stereocenters. The molecule has 128 valence electrons. The monoisotopic (exact) mass is 360 g/mol. The molecule has 0 bridgehead atoms. The number of aromatic nitrogens is 2. The fourth-order valence-corrected chi connectivity index (χ4v) is 1.90. The summed E-state index contributed by atoms with van der Waals surface area (Å²) in [5.74, 6) is -0.850. The number of nitrogens with zero attached hydrogens (tertiary/aromatic N) is 2. The zero-order valence-electron chi connectivity index (χ0n) is 12.3. The second-order valence-electron chi connectivity index (χ2n) is 4.52. The molecule has 0 atom stereocenters. The number of nitrogens with one attached hydrogen (secondary N) is 2. The number of urea groups is 1. The molecule has 0 aliphatic heterocycles. The van der Waals surface area contributed by atoms with Crippen molar-refractivity contribution < 1.29 is 22.7 Å². The Morgan fingerprint density at radius 2 is 2.00 bits per heavy atom. The van der Waals surface area contributed by atoms with E-state index in [0.717, 1.165) is 7.11 Å². The predicted molar refractivity (Wildman–Crippen MR) is 80.9 cm³/mol. The van der Waals surface area contributed by atoms with E-state index >= 15 is 0 Å². The molecule has 2 amide bonds. The molecule has 0 aliphatic carbocycles. The summed E-state index contributed by atoms with van der Waals surface area (Å²) in [5.41, 5.74) is -0.576. The van der Waals surface area contributed by atoms with Crippen molar-refractivity contribution in [1.29, 1.82) is 0 Å². The molecule has 24 heavy (non-hydrogen) atoms. The zero-order chi connectivity index (χ0) is 17.7. The Labute approximate surface area is 140 Å². The summed E-state index contributed by atoms with van der Waals surface area (Å²) in [6.45, 7) is 0.0849. The lowest BCUT2D eigenvalue weighted by Gasteiger charge is -2.11. The van der Waals surface area contributed by atoms with Gasteiger partial charge in [0.05, 0.1) is 7.11 Å². The molecular formula is C14H12ClF3N4O2. The van der Waals surface area contributed by atoms with Crippen molar-refractivity contribution in [3.05, 3.63) is 46.6 Å². The number of carbonyl (C=O) groups is 1. The van der Waals surface area contributed by atoms with E-state index in [0.29, 0.717) is 16.7 Å². The molecule has 1 heterocycles. The Morgan fingerprint density at radius 3 is 2.62 bits per heavy atom. The maximum atomic E-state index is 12.7. The number of rotatable bonds is 4. The fraction of sp³-hybridized carbons (Fsp3) is 0.214. The van der Waals surface area contributed by atoms with E-state index in [-0.39, 0.29) is 12.4 Å². The molecule has 2 N–H and O–H groups in total.